The van der Waals surface area contributed by atoms with Crippen LogP contribution in [0.3, 0.4) is 0 Å². The van der Waals surface area contributed by atoms with Crippen LogP contribution in [0.15, 0.2) is 35.7 Å². The van der Waals surface area contributed by atoms with Crippen LogP contribution in [0.25, 0.3) is 0 Å². The van der Waals surface area contributed by atoms with Gasteiger partial charge in [-0.15, -0.1) is 11.3 Å². The Bertz CT molecular complexity index is 435. The molecule has 78 valence electrons. The predicted octanol–water partition coefficient (Wildman–Crippen LogP) is 3.62. The standard InChI is InChI=1S/C11H8ClFOS/c12-8-4-7(5-9(13)6-8)11(14)10-2-1-3-15-10/h1-6,11,14H/t11-/m1/s1. The second kappa shape index (κ2) is 4.31. The number of aliphatic hydroxyl groups excluding tert-OH is 1. The van der Waals surface area contributed by atoms with Gasteiger partial charge in [0.1, 0.15) is 11.9 Å². The summed E-state index contributed by atoms with van der Waals surface area (Å²) in [5, 5.41) is 12.1. The molecule has 0 radical (unpaired) electrons. The van der Waals surface area contributed by atoms with Gasteiger partial charge in [0.05, 0.1) is 0 Å². The molecule has 1 atom stereocenters. The quantitative estimate of drug-likeness (QED) is 0.853. The van der Waals surface area contributed by atoms with Gasteiger partial charge < -0.3 is 5.11 Å². The maximum Gasteiger partial charge on any atom is 0.125 e. The molecule has 0 saturated heterocycles. The molecule has 1 heterocycles. The van der Waals surface area contributed by atoms with Crippen molar-refractivity contribution in [1.29, 1.82) is 0 Å². The number of rotatable bonds is 2. The second-order valence-corrected chi connectivity index (χ2v) is 4.54. The zero-order chi connectivity index (χ0) is 10.8. The first-order chi connectivity index (χ1) is 7.16. The highest BCUT2D eigenvalue weighted by Gasteiger charge is 2.12. The molecule has 0 unspecified atom stereocenters. The van der Waals surface area contributed by atoms with E-state index in [9.17, 15) is 9.50 Å². The molecule has 2 rings (SSSR count). The van der Waals surface area contributed by atoms with Crippen LogP contribution < -0.4 is 0 Å². The summed E-state index contributed by atoms with van der Waals surface area (Å²) in [7, 11) is 0. The van der Waals surface area contributed by atoms with Gasteiger partial charge in [0.2, 0.25) is 0 Å². The van der Waals surface area contributed by atoms with Crippen LogP contribution in [-0.4, -0.2) is 5.11 Å². The van der Waals surface area contributed by atoms with Gasteiger partial charge in [-0.2, -0.15) is 0 Å². The molecule has 1 aromatic carbocycles. The number of halogens is 2. The molecule has 1 aromatic heterocycles. The molecule has 4 heteroatoms. The van der Waals surface area contributed by atoms with Crippen molar-refractivity contribution in [1.82, 2.24) is 0 Å². The normalized spacial score (nSPS) is 12.7. The van der Waals surface area contributed by atoms with E-state index in [4.69, 9.17) is 11.6 Å². The molecule has 0 spiro atoms. The molecular formula is C11H8ClFOS. The number of hydrogen-bond donors (Lipinski definition) is 1. The second-order valence-electron chi connectivity index (χ2n) is 3.12. The van der Waals surface area contributed by atoms with Crippen LogP contribution in [0.1, 0.15) is 16.5 Å². The fraction of sp³-hybridized carbons (Fsp3) is 0.0909. The lowest BCUT2D eigenvalue weighted by Gasteiger charge is -2.09. The minimum absolute atomic E-state index is 0.292. The predicted molar refractivity (Wildman–Crippen MR) is 59.8 cm³/mol. The summed E-state index contributed by atoms with van der Waals surface area (Å²) in [6, 6.07) is 7.70. The number of benzene rings is 1. The average Bonchev–Trinajstić information content (AvgIpc) is 2.67. The van der Waals surface area contributed by atoms with E-state index in [0.29, 0.717) is 10.6 Å². The van der Waals surface area contributed by atoms with E-state index in [1.807, 2.05) is 11.4 Å². The minimum atomic E-state index is -0.807. The maximum absolute atomic E-state index is 13.0. The number of hydrogen-bond acceptors (Lipinski definition) is 2. The molecule has 0 aliphatic carbocycles. The summed E-state index contributed by atoms with van der Waals surface area (Å²) in [6.45, 7) is 0. The smallest absolute Gasteiger partial charge is 0.125 e. The Kier molecular flexibility index (Phi) is 3.05. The molecule has 1 nitrogen and oxygen atoms in total. The highest BCUT2D eigenvalue weighted by molar-refractivity contribution is 7.10. The van der Waals surface area contributed by atoms with Crippen molar-refractivity contribution in [2.75, 3.05) is 0 Å². The van der Waals surface area contributed by atoms with E-state index in [1.54, 1.807) is 12.1 Å². The SMILES string of the molecule is O[C@H](c1cc(F)cc(Cl)c1)c1cccs1. The third-order valence-electron chi connectivity index (χ3n) is 2.01. The van der Waals surface area contributed by atoms with Gasteiger partial charge in [-0.1, -0.05) is 17.7 Å². The van der Waals surface area contributed by atoms with E-state index < -0.39 is 11.9 Å². The van der Waals surface area contributed by atoms with Gasteiger partial charge in [0.25, 0.3) is 0 Å². The highest BCUT2D eigenvalue weighted by Crippen LogP contribution is 2.28. The van der Waals surface area contributed by atoms with Crippen molar-refractivity contribution >= 4 is 22.9 Å². The molecule has 15 heavy (non-hydrogen) atoms. The fourth-order valence-electron chi connectivity index (χ4n) is 1.34. The van der Waals surface area contributed by atoms with Crippen LogP contribution in [0.2, 0.25) is 5.02 Å². The first kappa shape index (κ1) is 10.6. The zero-order valence-electron chi connectivity index (χ0n) is 7.65. The molecule has 0 aliphatic heterocycles. The summed E-state index contributed by atoms with van der Waals surface area (Å²) in [4.78, 5) is 0.775. The zero-order valence-corrected chi connectivity index (χ0v) is 9.23. The van der Waals surface area contributed by atoms with Crippen LogP contribution in [0, 0.1) is 5.82 Å². The van der Waals surface area contributed by atoms with Crippen LogP contribution >= 0.6 is 22.9 Å². The summed E-state index contributed by atoms with van der Waals surface area (Å²) in [5.41, 5.74) is 0.474. The Morgan fingerprint density at radius 3 is 2.73 bits per heavy atom. The Labute approximate surface area is 95.8 Å². The van der Waals surface area contributed by atoms with Crippen molar-refractivity contribution in [3.63, 3.8) is 0 Å². The third-order valence-corrected chi connectivity index (χ3v) is 3.16. The van der Waals surface area contributed by atoms with E-state index in [2.05, 4.69) is 0 Å². The Morgan fingerprint density at radius 2 is 2.13 bits per heavy atom. The lowest BCUT2D eigenvalue weighted by atomic mass is 10.1. The summed E-state index contributed by atoms with van der Waals surface area (Å²) < 4.78 is 13.0. The summed E-state index contributed by atoms with van der Waals surface area (Å²) in [5.74, 6) is -0.437. The molecule has 1 N–H and O–H groups in total. The lowest BCUT2D eigenvalue weighted by Crippen LogP contribution is -1.97. The average molecular weight is 243 g/mol. The Hall–Kier alpha value is -0.900. The van der Waals surface area contributed by atoms with Crippen LogP contribution in [0.5, 0.6) is 0 Å². The van der Waals surface area contributed by atoms with Gasteiger partial charge in [0, 0.05) is 9.90 Å². The van der Waals surface area contributed by atoms with Crippen LogP contribution in [0.4, 0.5) is 4.39 Å². The minimum Gasteiger partial charge on any atom is -0.383 e. The molecule has 0 amide bonds. The number of aliphatic hydroxyl groups is 1. The molecule has 2 aromatic rings. The Balaban J connectivity index is 2.37. The lowest BCUT2D eigenvalue weighted by molar-refractivity contribution is 0.223. The topological polar surface area (TPSA) is 20.2 Å². The molecule has 0 bridgehead atoms. The highest BCUT2D eigenvalue weighted by atomic mass is 35.5. The monoisotopic (exact) mass is 242 g/mol. The van der Waals surface area contributed by atoms with Crippen molar-refractivity contribution in [2.45, 2.75) is 6.10 Å². The maximum atomic E-state index is 13.0. The summed E-state index contributed by atoms with van der Waals surface area (Å²) in [6.07, 6.45) is -0.807. The first-order valence-electron chi connectivity index (χ1n) is 4.34. The van der Waals surface area contributed by atoms with Crippen molar-refractivity contribution < 1.29 is 9.50 Å². The van der Waals surface area contributed by atoms with Gasteiger partial charge in [-0.25, -0.2) is 4.39 Å². The van der Waals surface area contributed by atoms with E-state index >= 15 is 0 Å². The van der Waals surface area contributed by atoms with Crippen LogP contribution in [-0.2, 0) is 0 Å². The largest absolute Gasteiger partial charge is 0.383 e. The molecule has 0 aliphatic rings. The van der Waals surface area contributed by atoms with Crippen molar-refractivity contribution in [2.24, 2.45) is 0 Å². The Morgan fingerprint density at radius 1 is 1.33 bits per heavy atom. The fourth-order valence-corrected chi connectivity index (χ4v) is 2.31. The van der Waals surface area contributed by atoms with Crippen molar-refractivity contribution in [3.8, 4) is 0 Å². The van der Waals surface area contributed by atoms with Gasteiger partial charge >= 0.3 is 0 Å². The molecular weight excluding hydrogens is 235 g/mol. The van der Waals surface area contributed by atoms with E-state index in [1.165, 1.54) is 23.5 Å². The van der Waals surface area contributed by atoms with E-state index in [0.717, 1.165) is 4.88 Å². The number of thiophene rings is 1. The van der Waals surface area contributed by atoms with Gasteiger partial charge in [0.15, 0.2) is 0 Å². The molecule has 0 fully saturated rings. The summed E-state index contributed by atoms with van der Waals surface area (Å²) >= 11 is 7.13. The first-order valence-corrected chi connectivity index (χ1v) is 5.60. The van der Waals surface area contributed by atoms with Gasteiger partial charge in [-0.05, 0) is 35.2 Å². The van der Waals surface area contributed by atoms with Gasteiger partial charge in [-0.3, -0.25) is 0 Å². The third kappa shape index (κ3) is 2.37. The van der Waals surface area contributed by atoms with Crippen molar-refractivity contribution in [3.05, 3.63) is 57.0 Å². The van der Waals surface area contributed by atoms with E-state index in [-0.39, 0.29) is 0 Å². The molecule has 0 saturated carbocycles.